The zero-order valence-electron chi connectivity index (χ0n) is 12.1. The van der Waals surface area contributed by atoms with Crippen LogP contribution in [0.4, 0.5) is 5.82 Å². The van der Waals surface area contributed by atoms with E-state index in [0.717, 1.165) is 25.1 Å². The second-order valence-corrected chi connectivity index (χ2v) is 6.43. The Kier molecular flexibility index (Phi) is 3.52. The summed E-state index contributed by atoms with van der Waals surface area (Å²) in [7, 11) is 0. The van der Waals surface area contributed by atoms with E-state index in [4.69, 9.17) is 0 Å². The molecule has 2 rings (SSSR count). The number of carboxylic acid groups (broad SMARTS) is 1. The fourth-order valence-electron chi connectivity index (χ4n) is 2.71. The largest absolute Gasteiger partial charge is 0.478 e. The molecule has 1 aromatic rings. The Labute approximate surface area is 114 Å². The summed E-state index contributed by atoms with van der Waals surface area (Å²) in [4.78, 5) is 17.8. The molecule has 1 fully saturated rings. The van der Waals surface area contributed by atoms with Crippen LogP contribution in [0.25, 0.3) is 0 Å². The van der Waals surface area contributed by atoms with Crippen LogP contribution in [0.5, 0.6) is 0 Å². The third-order valence-electron chi connectivity index (χ3n) is 4.07. The Morgan fingerprint density at radius 3 is 2.68 bits per heavy atom. The van der Waals surface area contributed by atoms with E-state index in [2.05, 4.69) is 30.7 Å². The normalized spacial score (nSPS) is 19.8. The molecule has 0 aliphatic carbocycles. The molecule has 19 heavy (non-hydrogen) atoms. The summed E-state index contributed by atoms with van der Waals surface area (Å²) in [5, 5.41) is 9.37. The quantitative estimate of drug-likeness (QED) is 0.890. The number of aryl methyl sites for hydroxylation is 1. The van der Waals surface area contributed by atoms with Gasteiger partial charge in [0.15, 0.2) is 0 Å². The predicted octanol–water partition coefficient (Wildman–Crippen LogP) is 2.96. The first-order valence-corrected chi connectivity index (χ1v) is 6.74. The van der Waals surface area contributed by atoms with Gasteiger partial charge >= 0.3 is 5.97 Å². The molecule has 1 N–H and O–H groups in total. The molecule has 1 unspecified atom stereocenters. The van der Waals surface area contributed by atoms with Crippen molar-refractivity contribution >= 4 is 11.8 Å². The van der Waals surface area contributed by atoms with Gasteiger partial charge in [-0.2, -0.15) is 0 Å². The standard InChI is InChI=1S/C15H22N2O2/c1-10-5-7-16-13(12(10)14(18)19)17-8-6-11(9-17)15(2,3)4/h5,7,11H,6,8-9H2,1-4H3,(H,18,19). The third-order valence-corrected chi connectivity index (χ3v) is 4.07. The third kappa shape index (κ3) is 2.72. The fraction of sp³-hybridized carbons (Fsp3) is 0.600. The molecule has 0 saturated carbocycles. The average molecular weight is 262 g/mol. The van der Waals surface area contributed by atoms with E-state index in [-0.39, 0.29) is 5.41 Å². The van der Waals surface area contributed by atoms with Crippen LogP contribution in [0.1, 0.15) is 43.1 Å². The van der Waals surface area contributed by atoms with Crippen LogP contribution in [-0.2, 0) is 0 Å². The van der Waals surface area contributed by atoms with E-state index in [1.54, 1.807) is 12.3 Å². The van der Waals surface area contributed by atoms with Crippen molar-refractivity contribution in [1.82, 2.24) is 4.98 Å². The van der Waals surface area contributed by atoms with Crippen LogP contribution in [0, 0.1) is 18.3 Å². The Morgan fingerprint density at radius 2 is 2.16 bits per heavy atom. The van der Waals surface area contributed by atoms with Crippen LogP contribution in [-0.4, -0.2) is 29.1 Å². The maximum atomic E-state index is 11.4. The maximum absolute atomic E-state index is 11.4. The van der Waals surface area contributed by atoms with Gasteiger partial charge in [-0.05, 0) is 36.3 Å². The van der Waals surface area contributed by atoms with Crippen molar-refractivity contribution in [2.75, 3.05) is 18.0 Å². The smallest absolute Gasteiger partial charge is 0.339 e. The fourth-order valence-corrected chi connectivity index (χ4v) is 2.71. The topological polar surface area (TPSA) is 53.4 Å². The van der Waals surface area contributed by atoms with Gasteiger partial charge in [0, 0.05) is 19.3 Å². The molecule has 104 valence electrons. The van der Waals surface area contributed by atoms with E-state index in [9.17, 15) is 9.90 Å². The lowest BCUT2D eigenvalue weighted by atomic mass is 9.80. The van der Waals surface area contributed by atoms with Crippen molar-refractivity contribution in [2.45, 2.75) is 34.1 Å². The predicted molar refractivity (Wildman–Crippen MR) is 75.7 cm³/mol. The summed E-state index contributed by atoms with van der Waals surface area (Å²) in [6.07, 6.45) is 2.79. The number of hydrogen-bond donors (Lipinski definition) is 1. The van der Waals surface area contributed by atoms with Gasteiger partial charge in [-0.3, -0.25) is 0 Å². The van der Waals surface area contributed by atoms with Crippen LogP contribution in [0.3, 0.4) is 0 Å². The minimum Gasteiger partial charge on any atom is -0.478 e. The second kappa shape index (κ2) is 4.83. The SMILES string of the molecule is Cc1ccnc(N2CCC(C(C)(C)C)C2)c1C(=O)O. The summed E-state index contributed by atoms with van der Waals surface area (Å²) in [5.74, 6) is 0.315. The van der Waals surface area contributed by atoms with E-state index >= 15 is 0 Å². The van der Waals surface area contributed by atoms with Crippen LogP contribution in [0.2, 0.25) is 0 Å². The highest BCUT2D eigenvalue weighted by Gasteiger charge is 2.33. The van der Waals surface area contributed by atoms with Gasteiger partial charge in [-0.15, -0.1) is 0 Å². The van der Waals surface area contributed by atoms with E-state index in [1.807, 2.05) is 6.92 Å². The van der Waals surface area contributed by atoms with E-state index in [0.29, 0.717) is 17.3 Å². The number of anilines is 1. The first kappa shape index (κ1) is 13.8. The number of aromatic carboxylic acids is 1. The highest BCUT2D eigenvalue weighted by atomic mass is 16.4. The number of aromatic nitrogens is 1. The Bertz CT molecular complexity index is 491. The number of hydrogen-bond acceptors (Lipinski definition) is 3. The van der Waals surface area contributed by atoms with Crippen molar-refractivity contribution < 1.29 is 9.90 Å². The lowest BCUT2D eigenvalue weighted by Gasteiger charge is -2.27. The van der Waals surface area contributed by atoms with Crippen molar-refractivity contribution in [2.24, 2.45) is 11.3 Å². The number of nitrogens with zero attached hydrogens (tertiary/aromatic N) is 2. The van der Waals surface area contributed by atoms with Gasteiger partial charge in [-0.1, -0.05) is 20.8 Å². The van der Waals surface area contributed by atoms with Crippen molar-refractivity contribution in [1.29, 1.82) is 0 Å². The van der Waals surface area contributed by atoms with Crippen LogP contribution in [0.15, 0.2) is 12.3 Å². The molecule has 0 aromatic carbocycles. The Balaban J connectivity index is 2.30. The molecule has 1 aliphatic rings. The molecule has 1 atom stereocenters. The van der Waals surface area contributed by atoms with Crippen LogP contribution < -0.4 is 4.90 Å². The minimum atomic E-state index is -0.889. The molecule has 0 bridgehead atoms. The summed E-state index contributed by atoms with van der Waals surface area (Å²) < 4.78 is 0. The molecular formula is C15H22N2O2. The summed E-state index contributed by atoms with van der Waals surface area (Å²) in [6, 6.07) is 1.75. The van der Waals surface area contributed by atoms with Gasteiger partial charge in [-0.25, -0.2) is 9.78 Å². The van der Waals surface area contributed by atoms with Gasteiger partial charge in [0.05, 0.1) is 0 Å². The number of carboxylic acids is 1. The van der Waals surface area contributed by atoms with E-state index < -0.39 is 5.97 Å². The summed E-state index contributed by atoms with van der Waals surface area (Å²) >= 11 is 0. The number of pyridine rings is 1. The molecule has 1 aromatic heterocycles. The van der Waals surface area contributed by atoms with Crippen molar-refractivity contribution in [3.05, 3.63) is 23.4 Å². The molecule has 1 saturated heterocycles. The van der Waals surface area contributed by atoms with Crippen molar-refractivity contribution in [3.8, 4) is 0 Å². The summed E-state index contributed by atoms with van der Waals surface area (Å²) in [6.45, 7) is 10.3. The number of rotatable bonds is 2. The Hall–Kier alpha value is -1.58. The molecule has 4 heteroatoms. The molecule has 2 heterocycles. The number of carbonyl (C=O) groups is 1. The van der Waals surface area contributed by atoms with Crippen molar-refractivity contribution in [3.63, 3.8) is 0 Å². The highest BCUT2D eigenvalue weighted by Crippen LogP contribution is 2.36. The zero-order chi connectivity index (χ0) is 14.2. The molecule has 0 radical (unpaired) electrons. The highest BCUT2D eigenvalue weighted by molar-refractivity contribution is 5.95. The monoisotopic (exact) mass is 262 g/mol. The van der Waals surface area contributed by atoms with Gasteiger partial charge in [0.1, 0.15) is 11.4 Å². The molecule has 0 spiro atoms. The summed E-state index contributed by atoms with van der Waals surface area (Å²) in [5.41, 5.74) is 1.37. The second-order valence-electron chi connectivity index (χ2n) is 6.43. The lowest BCUT2D eigenvalue weighted by Crippen LogP contribution is -2.27. The van der Waals surface area contributed by atoms with Crippen LogP contribution >= 0.6 is 0 Å². The molecule has 0 amide bonds. The average Bonchev–Trinajstić information content (AvgIpc) is 2.76. The molecule has 1 aliphatic heterocycles. The molecule has 4 nitrogen and oxygen atoms in total. The lowest BCUT2D eigenvalue weighted by molar-refractivity contribution is 0.0696. The van der Waals surface area contributed by atoms with Gasteiger partial charge in [0.25, 0.3) is 0 Å². The van der Waals surface area contributed by atoms with E-state index in [1.165, 1.54) is 0 Å². The first-order chi connectivity index (χ1) is 8.80. The van der Waals surface area contributed by atoms with Gasteiger partial charge < -0.3 is 10.0 Å². The maximum Gasteiger partial charge on any atom is 0.339 e. The molecular weight excluding hydrogens is 240 g/mol. The van der Waals surface area contributed by atoms with Gasteiger partial charge in [0.2, 0.25) is 0 Å². The minimum absolute atomic E-state index is 0.252. The zero-order valence-corrected chi connectivity index (χ0v) is 12.1. The first-order valence-electron chi connectivity index (χ1n) is 6.74. The Morgan fingerprint density at radius 1 is 1.47 bits per heavy atom.